The number of nitrogens with zero attached hydrogens (tertiary/aromatic N) is 1. The summed E-state index contributed by atoms with van der Waals surface area (Å²) >= 11 is 5.60. The maximum Gasteiger partial charge on any atom is 0.294 e. The van der Waals surface area contributed by atoms with Gasteiger partial charge in [-0.05, 0) is 71.0 Å². The van der Waals surface area contributed by atoms with Gasteiger partial charge in [-0.3, -0.25) is 19.3 Å². The van der Waals surface area contributed by atoms with Crippen LogP contribution in [0.3, 0.4) is 0 Å². The number of halogens is 1. The first kappa shape index (κ1) is 22.4. The molecule has 162 valence electrons. The van der Waals surface area contributed by atoms with Gasteiger partial charge in [0.15, 0.2) is 5.09 Å². The molecule has 1 saturated heterocycles. The molecule has 3 amide bonds. The number of nitrogens with one attached hydrogen (secondary N) is 1. The SMILES string of the molecule is Cc1ccc(Sc2ccc(/C=C3\SC(=O)N(CC(=O)Nc4ccccc4Br)C3=O)o2)cc1. The zero-order chi connectivity index (χ0) is 22.7. The van der Waals surface area contributed by atoms with Gasteiger partial charge in [-0.1, -0.05) is 41.6 Å². The van der Waals surface area contributed by atoms with Crippen LogP contribution in [0.2, 0.25) is 0 Å². The lowest BCUT2D eigenvalue weighted by Crippen LogP contribution is -2.36. The second-order valence-electron chi connectivity index (χ2n) is 6.87. The number of amides is 3. The summed E-state index contributed by atoms with van der Waals surface area (Å²) in [7, 11) is 0. The van der Waals surface area contributed by atoms with Crippen molar-refractivity contribution in [3.63, 3.8) is 0 Å². The van der Waals surface area contributed by atoms with Crippen molar-refractivity contribution in [3.05, 3.63) is 81.4 Å². The van der Waals surface area contributed by atoms with E-state index in [0.717, 1.165) is 21.6 Å². The molecule has 1 aromatic heterocycles. The molecular formula is C23H17BrN2O4S2. The number of imide groups is 1. The van der Waals surface area contributed by atoms with Crippen molar-refractivity contribution in [2.75, 3.05) is 11.9 Å². The van der Waals surface area contributed by atoms with Gasteiger partial charge >= 0.3 is 0 Å². The van der Waals surface area contributed by atoms with Crippen LogP contribution in [0.25, 0.3) is 6.08 Å². The van der Waals surface area contributed by atoms with Crippen molar-refractivity contribution in [1.82, 2.24) is 4.90 Å². The largest absolute Gasteiger partial charge is 0.450 e. The first-order valence-electron chi connectivity index (χ1n) is 9.53. The van der Waals surface area contributed by atoms with E-state index in [-0.39, 0.29) is 11.4 Å². The van der Waals surface area contributed by atoms with E-state index in [1.807, 2.05) is 43.3 Å². The average molecular weight is 529 g/mol. The number of hydrogen-bond donors (Lipinski definition) is 1. The fraction of sp³-hybridized carbons (Fsp3) is 0.0870. The number of rotatable bonds is 6. The number of aryl methyl sites for hydroxylation is 1. The molecule has 0 radical (unpaired) electrons. The maximum atomic E-state index is 12.7. The van der Waals surface area contributed by atoms with E-state index in [1.54, 1.807) is 24.3 Å². The monoisotopic (exact) mass is 528 g/mol. The highest BCUT2D eigenvalue weighted by Gasteiger charge is 2.36. The van der Waals surface area contributed by atoms with Gasteiger partial charge in [-0.2, -0.15) is 0 Å². The molecule has 0 atom stereocenters. The number of thioether (sulfide) groups is 1. The number of furan rings is 1. The normalized spacial score (nSPS) is 14.9. The highest BCUT2D eigenvalue weighted by atomic mass is 79.9. The lowest BCUT2D eigenvalue weighted by Gasteiger charge is -2.13. The Hall–Kier alpha value is -2.75. The Kier molecular flexibility index (Phi) is 6.88. The van der Waals surface area contributed by atoms with Gasteiger partial charge in [0.05, 0.1) is 10.6 Å². The van der Waals surface area contributed by atoms with Crippen LogP contribution in [0.4, 0.5) is 10.5 Å². The Bertz CT molecular complexity index is 1220. The average Bonchev–Trinajstić information content (AvgIpc) is 3.31. The second kappa shape index (κ2) is 9.81. The van der Waals surface area contributed by atoms with Gasteiger partial charge in [0.25, 0.3) is 11.1 Å². The summed E-state index contributed by atoms with van der Waals surface area (Å²) in [6.07, 6.45) is 1.52. The molecule has 4 rings (SSSR count). The molecule has 32 heavy (non-hydrogen) atoms. The van der Waals surface area contributed by atoms with Crippen LogP contribution >= 0.6 is 39.5 Å². The van der Waals surface area contributed by atoms with Gasteiger partial charge in [-0.15, -0.1) is 0 Å². The van der Waals surface area contributed by atoms with Crippen LogP contribution in [0.1, 0.15) is 11.3 Å². The zero-order valence-electron chi connectivity index (χ0n) is 16.8. The van der Waals surface area contributed by atoms with Crippen molar-refractivity contribution < 1.29 is 18.8 Å². The van der Waals surface area contributed by atoms with E-state index in [9.17, 15) is 14.4 Å². The molecule has 1 fully saturated rings. The molecule has 3 aromatic rings. The van der Waals surface area contributed by atoms with E-state index in [0.29, 0.717) is 21.0 Å². The molecule has 6 nitrogen and oxygen atoms in total. The molecular weight excluding hydrogens is 512 g/mol. The van der Waals surface area contributed by atoms with E-state index >= 15 is 0 Å². The molecule has 1 aliphatic rings. The number of benzene rings is 2. The van der Waals surface area contributed by atoms with Crippen molar-refractivity contribution in [2.24, 2.45) is 0 Å². The zero-order valence-corrected chi connectivity index (χ0v) is 20.1. The minimum absolute atomic E-state index is 0.213. The van der Waals surface area contributed by atoms with Crippen molar-refractivity contribution in [1.29, 1.82) is 0 Å². The van der Waals surface area contributed by atoms with Crippen LogP contribution in [0.5, 0.6) is 0 Å². The molecule has 1 aliphatic heterocycles. The second-order valence-corrected chi connectivity index (χ2v) is 9.79. The molecule has 2 aromatic carbocycles. The Morgan fingerprint density at radius 2 is 1.88 bits per heavy atom. The third-order valence-electron chi connectivity index (χ3n) is 4.44. The van der Waals surface area contributed by atoms with Crippen molar-refractivity contribution >= 4 is 68.3 Å². The van der Waals surface area contributed by atoms with E-state index < -0.39 is 17.1 Å². The Morgan fingerprint density at radius 1 is 1.12 bits per heavy atom. The van der Waals surface area contributed by atoms with Gasteiger partial charge < -0.3 is 9.73 Å². The van der Waals surface area contributed by atoms with Crippen molar-refractivity contribution in [3.8, 4) is 0 Å². The molecule has 2 heterocycles. The Labute approximate surface area is 201 Å². The summed E-state index contributed by atoms with van der Waals surface area (Å²) in [6.45, 7) is 1.66. The third kappa shape index (κ3) is 5.35. The molecule has 1 N–H and O–H groups in total. The Morgan fingerprint density at radius 3 is 2.62 bits per heavy atom. The topological polar surface area (TPSA) is 79.6 Å². The summed E-state index contributed by atoms with van der Waals surface area (Å²) in [5.41, 5.74) is 1.74. The molecule has 0 unspecified atom stereocenters. The van der Waals surface area contributed by atoms with Crippen molar-refractivity contribution in [2.45, 2.75) is 16.9 Å². The molecule has 0 saturated carbocycles. The number of anilines is 1. The summed E-state index contributed by atoms with van der Waals surface area (Å²) in [5, 5.41) is 2.87. The van der Waals surface area contributed by atoms with Crippen LogP contribution < -0.4 is 5.32 Å². The van der Waals surface area contributed by atoms with Crippen LogP contribution in [0.15, 0.2) is 84.4 Å². The standard InChI is InChI=1S/C23H17BrN2O4S2/c1-14-6-9-16(10-7-14)31-21-11-8-15(30-21)12-19-22(28)26(23(29)32-19)13-20(27)25-18-5-3-2-4-17(18)24/h2-12H,13H2,1H3,(H,25,27)/b19-12-. The van der Waals surface area contributed by atoms with Gasteiger partial charge in [0.1, 0.15) is 12.3 Å². The summed E-state index contributed by atoms with van der Waals surface area (Å²) in [6, 6.07) is 18.7. The fourth-order valence-electron chi connectivity index (χ4n) is 2.85. The minimum Gasteiger partial charge on any atom is -0.450 e. The predicted molar refractivity (Wildman–Crippen MR) is 129 cm³/mol. The maximum absolute atomic E-state index is 12.7. The molecule has 9 heteroatoms. The van der Waals surface area contributed by atoms with Crippen LogP contribution in [0, 0.1) is 6.92 Å². The van der Waals surface area contributed by atoms with E-state index in [1.165, 1.54) is 23.4 Å². The van der Waals surface area contributed by atoms with Gasteiger partial charge in [0, 0.05) is 15.4 Å². The fourth-order valence-corrected chi connectivity index (χ4v) is 4.83. The van der Waals surface area contributed by atoms with Gasteiger partial charge in [0.2, 0.25) is 5.91 Å². The summed E-state index contributed by atoms with van der Waals surface area (Å²) in [5.74, 6) is -0.524. The molecule has 0 aliphatic carbocycles. The summed E-state index contributed by atoms with van der Waals surface area (Å²) in [4.78, 5) is 39.5. The van der Waals surface area contributed by atoms with E-state index in [2.05, 4.69) is 21.2 Å². The summed E-state index contributed by atoms with van der Waals surface area (Å²) < 4.78 is 6.49. The highest BCUT2D eigenvalue weighted by molar-refractivity contribution is 9.10. The van der Waals surface area contributed by atoms with Gasteiger partial charge in [-0.25, -0.2) is 0 Å². The number of carbonyl (C=O) groups is 3. The first-order chi connectivity index (χ1) is 15.4. The van der Waals surface area contributed by atoms with Crippen LogP contribution in [-0.4, -0.2) is 28.5 Å². The van der Waals surface area contributed by atoms with E-state index in [4.69, 9.17) is 4.42 Å². The number of hydrogen-bond acceptors (Lipinski definition) is 6. The lowest BCUT2D eigenvalue weighted by molar-refractivity contribution is -0.127. The quantitative estimate of drug-likeness (QED) is 0.385. The Balaban J connectivity index is 1.41. The highest BCUT2D eigenvalue weighted by Crippen LogP contribution is 2.34. The lowest BCUT2D eigenvalue weighted by atomic mass is 10.2. The predicted octanol–water partition coefficient (Wildman–Crippen LogP) is 6.18. The molecule has 0 bridgehead atoms. The third-order valence-corrected chi connectivity index (χ3v) is 6.97. The number of para-hydroxylation sites is 1. The smallest absolute Gasteiger partial charge is 0.294 e. The first-order valence-corrected chi connectivity index (χ1v) is 12.0. The molecule has 0 spiro atoms. The van der Waals surface area contributed by atoms with Crippen LogP contribution in [-0.2, 0) is 9.59 Å². The number of carbonyl (C=O) groups excluding carboxylic acids is 3. The minimum atomic E-state index is -0.522.